The predicted octanol–water partition coefficient (Wildman–Crippen LogP) is 2.42. The van der Waals surface area contributed by atoms with Gasteiger partial charge >= 0.3 is 0 Å². The first-order valence-electron chi connectivity index (χ1n) is 9.97. The molecule has 7 nitrogen and oxygen atoms in total. The zero-order valence-corrected chi connectivity index (χ0v) is 17.0. The molecular weight excluding hydrogens is 432 g/mol. The Morgan fingerprint density at radius 1 is 1.26 bits per heavy atom. The number of hydrogen-bond acceptors (Lipinski definition) is 4. The molecule has 2 N–H and O–H groups in total. The van der Waals surface area contributed by atoms with Crippen LogP contribution in [0.15, 0.2) is 23.1 Å². The first kappa shape index (κ1) is 20.0. The molecule has 31 heavy (non-hydrogen) atoms. The van der Waals surface area contributed by atoms with Gasteiger partial charge in [-0.3, -0.25) is 14.4 Å². The number of carbonyl (C=O) groups is 2. The van der Waals surface area contributed by atoms with Crippen LogP contribution >= 0.6 is 11.6 Å². The maximum atomic E-state index is 14.1. The largest absolute Gasteiger partial charge is 0.503 e. The minimum absolute atomic E-state index is 0.0213. The summed E-state index contributed by atoms with van der Waals surface area (Å²) in [5, 5.41) is 12.1. The van der Waals surface area contributed by atoms with Crippen molar-refractivity contribution in [1.82, 2.24) is 14.8 Å². The topological polar surface area (TPSA) is 91.6 Å². The van der Waals surface area contributed by atoms with E-state index in [-0.39, 0.29) is 35.4 Å². The van der Waals surface area contributed by atoms with Gasteiger partial charge in [-0.05, 0) is 31.2 Å². The van der Waals surface area contributed by atoms with E-state index >= 15 is 0 Å². The van der Waals surface area contributed by atoms with Gasteiger partial charge in [-0.15, -0.1) is 0 Å². The highest BCUT2D eigenvalue weighted by molar-refractivity contribution is 6.30. The van der Waals surface area contributed by atoms with E-state index < -0.39 is 39.6 Å². The van der Waals surface area contributed by atoms with Gasteiger partial charge in [0.05, 0.1) is 6.04 Å². The summed E-state index contributed by atoms with van der Waals surface area (Å²) in [7, 11) is 0. The van der Waals surface area contributed by atoms with Gasteiger partial charge in [-0.25, -0.2) is 8.78 Å². The third-order valence-corrected chi connectivity index (χ3v) is 6.96. The second kappa shape index (κ2) is 7.05. The van der Waals surface area contributed by atoms with E-state index in [9.17, 15) is 28.3 Å². The average Bonchev–Trinajstić information content (AvgIpc) is 3.36. The van der Waals surface area contributed by atoms with Gasteiger partial charge in [0.15, 0.2) is 11.4 Å². The fourth-order valence-corrected chi connectivity index (χ4v) is 5.31. The highest BCUT2D eigenvalue weighted by Gasteiger charge is 2.51. The number of nitrogens with one attached hydrogen (secondary N) is 1. The smallest absolute Gasteiger partial charge is 0.275 e. The lowest BCUT2D eigenvalue weighted by Gasteiger charge is -2.40. The number of aromatic hydroxyl groups is 1. The summed E-state index contributed by atoms with van der Waals surface area (Å²) in [6.45, 7) is 0.0459. The lowest BCUT2D eigenvalue weighted by molar-refractivity contribution is 0.0482. The molecule has 0 unspecified atom stereocenters. The van der Waals surface area contributed by atoms with Gasteiger partial charge in [0.1, 0.15) is 22.2 Å². The van der Waals surface area contributed by atoms with Crippen molar-refractivity contribution >= 4 is 23.4 Å². The van der Waals surface area contributed by atoms with Gasteiger partial charge in [0.2, 0.25) is 5.43 Å². The lowest BCUT2D eigenvalue weighted by Crippen LogP contribution is -2.52. The zero-order chi connectivity index (χ0) is 22.0. The monoisotopic (exact) mass is 449 g/mol. The number of piperidine rings is 1. The maximum Gasteiger partial charge on any atom is 0.275 e. The van der Waals surface area contributed by atoms with Gasteiger partial charge in [-0.2, -0.15) is 0 Å². The molecule has 1 aromatic heterocycles. The van der Waals surface area contributed by atoms with Crippen LogP contribution in [0.5, 0.6) is 5.75 Å². The second-order valence-electron chi connectivity index (χ2n) is 8.25. The molecule has 1 saturated carbocycles. The van der Waals surface area contributed by atoms with E-state index in [1.54, 1.807) is 4.90 Å². The van der Waals surface area contributed by atoms with Gasteiger partial charge in [0.25, 0.3) is 11.8 Å². The van der Waals surface area contributed by atoms with Gasteiger partial charge in [0, 0.05) is 30.9 Å². The van der Waals surface area contributed by atoms with E-state index in [1.165, 1.54) is 10.8 Å². The molecule has 2 bridgehead atoms. The number of nitrogens with zero attached hydrogens (tertiary/aromatic N) is 2. The Morgan fingerprint density at radius 2 is 2.03 bits per heavy atom. The van der Waals surface area contributed by atoms with Gasteiger partial charge < -0.3 is 19.9 Å². The number of halogens is 3. The molecule has 3 heterocycles. The third kappa shape index (κ3) is 2.94. The summed E-state index contributed by atoms with van der Waals surface area (Å²) in [5.74, 6) is -3.58. The Balaban J connectivity index is 1.44. The fourth-order valence-electron chi connectivity index (χ4n) is 5.12. The van der Waals surface area contributed by atoms with Crippen LogP contribution in [-0.4, -0.2) is 38.5 Å². The fraction of sp³-hybridized carbons (Fsp3) is 0.381. The Labute approximate surface area is 180 Å². The first-order valence-corrected chi connectivity index (χ1v) is 10.3. The van der Waals surface area contributed by atoms with Crippen molar-refractivity contribution in [1.29, 1.82) is 0 Å². The Hall–Kier alpha value is -2.94. The highest BCUT2D eigenvalue weighted by Crippen LogP contribution is 2.45. The summed E-state index contributed by atoms with van der Waals surface area (Å²) in [5.41, 5.74) is -1.51. The summed E-state index contributed by atoms with van der Waals surface area (Å²) < 4.78 is 28.8. The van der Waals surface area contributed by atoms with Crippen molar-refractivity contribution in [3.05, 3.63) is 62.0 Å². The average molecular weight is 450 g/mol. The number of fused-ring (bicyclic) bond motifs is 6. The van der Waals surface area contributed by atoms with Crippen molar-refractivity contribution in [2.75, 3.05) is 0 Å². The number of carbonyl (C=O) groups excluding carboxylic acids is 2. The normalized spacial score (nSPS) is 23.6. The molecule has 3 aliphatic rings. The number of hydrogen-bond donors (Lipinski definition) is 2. The Bertz CT molecular complexity index is 1200. The molecule has 5 rings (SSSR count). The van der Waals surface area contributed by atoms with Crippen LogP contribution in [0.4, 0.5) is 8.78 Å². The number of pyridine rings is 1. The lowest BCUT2D eigenvalue weighted by atomic mass is 9.95. The van der Waals surface area contributed by atoms with Crippen LogP contribution in [0.1, 0.15) is 45.7 Å². The van der Waals surface area contributed by atoms with Crippen LogP contribution < -0.4 is 10.7 Å². The molecule has 1 aromatic carbocycles. The maximum absolute atomic E-state index is 14.1. The molecule has 2 aromatic rings. The van der Waals surface area contributed by atoms with Crippen LogP contribution in [0.2, 0.25) is 5.02 Å². The van der Waals surface area contributed by atoms with E-state index in [2.05, 4.69) is 5.32 Å². The van der Waals surface area contributed by atoms with Crippen molar-refractivity contribution < 1.29 is 23.5 Å². The number of rotatable bonds is 3. The standard InChI is InChI=1S/C21H18ClF2N3O4/c22-15-13(23)4-2-10(16(15)24)6-25-20(30)12-7-26-8-14-9-1-3-11(5-9)27(14)21(31)17(26)19(29)18(12)28/h2,4,7,9,11,14,29H,1,3,5-6,8H2,(H,25,30)/t9-,11+,14-/m0/s1. The molecule has 3 atom stereocenters. The summed E-state index contributed by atoms with van der Waals surface area (Å²) in [6.07, 6.45) is 4.12. The molecule has 0 radical (unpaired) electrons. The summed E-state index contributed by atoms with van der Waals surface area (Å²) in [6, 6.07) is 2.22. The third-order valence-electron chi connectivity index (χ3n) is 6.62. The van der Waals surface area contributed by atoms with Crippen molar-refractivity contribution in [3.8, 4) is 5.75 Å². The van der Waals surface area contributed by atoms with E-state index in [1.807, 2.05) is 0 Å². The molecule has 2 aliphatic heterocycles. The molecule has 162 valence electrons. The number of amides is 2. The van der Waals surface area contributed by atoms with Crippen LogP contribution in [0, 0.1) is 17.6 Å². The Morgan fingerprint density at radius 3 is 2.81 bits per heavy atom. The molecule has 2 fully saturated rings. The SMILES string of the molecule is O=C(NCc1ccc(F)c(Cl)c1F)c1cn2c(c(O)c1=O)C(=O)N1[C@@H]3CC[C@@H](C3)[C@@H]1C2. The first-order chi connectivity index (χ1) is 14.8. The van der Waals surface area contributed by atoms with Crippen LogP contribution in [-0.2, 0) is 13.1 Å². The van der Waals surface area contributed by atoms with E-state index in [4.69, 9.17) is 11.6 Å². The number of aromatic nitrogens is 1. The van der Waals surface area contributed by atoms with Gasteiger partial charge in [-0.1, -0.05) is 17.7 Å². The van der Waals surface area contributed by atoms with Crippen molar-refractivity contribution in [3.63, 3.8) is 0 Å². The van der Waals surface area contributed by atoms with Crippen molar-refractivity contribution in [2.24, 2.45) is 5.92 Å². The van der Waals surface area contributed by atoms with E-state index in [0.717, 1.165) is 31.4 Å². The minimum Gasteiger partial charge on any atom is -0.503 e. The summed E-state index contributed by atoms with van der Waals surface area (Å²) in [4.78, 5) is 40.0. The quantitative estimate of drug-likeness (QED) is 0.704. The molecule has 0 spiro atoms. The summed E-state index contributed by atoms with van der Waals surface area (Å²) >= 11 is 5.54. The zero-order valence-electron chi connectivity index (χ0n) is 16.2. The molecule has 1 aliphatic carbocycles. The minimum atomic E-state index is -1.01. The van der Waals surface area contributed by atoms with Crippen molar-refractivity contribution in [2.45, 2.75) is 44.4 Å². The van der Waals surface area contributed by atoms with Crippen LogP contribution in [0.3, 0.4) is 0 Å². The Kier molecular flexibility index (Phi) is 4.55. The molecule has 2 amide bonds. The highest BCUT2D eigenvalue weighted by atomic mass is 35.5. The predicted molar refractivity (Wildman–Crippen MR) is 106 cm³/mol. The van der Waals surface area contributed by atoms with Crippen LogP contribution in [0.25, 0.3) is 0 Å². The number of benzene rings is 1. The molecular formula is C21H18ClF2N3O4. The van der Waals surface area contributed by atoms with E-state index in [0.29, 0.717) is 12.5 Å². The second-order valence-corrected chi connectivity index (χ2v) is 8.62. The molecule has 10 heteroatoms. The molecule has 1 saturated heterocycles.